The highest BCUT2D eigenvalue weighted by Gasteiger charge is 2.19. The van der Waals surface area contributed by atoms with E-state index >= 15 is 0 Å². The molecule has 0 bridgehead atoms. The molecule has 0 aliphatic rings. The second kappa shape index (κ2) is 5.53. The van der Waals surface area contributed by atoms with Gasteiger partial charge in [-0.15, -0.1) is 11.6 Å². The molecule has 0 aliphatic carbocycles. The molecule has 0 N–H and O–H groups in total. The Morgan fingerprint density at radius 2 is 1.90 bits per heavy atom. The number of hydrogen-bond acceptors (Lipinski definition) is 1. The highest BCUT2D eigenvalue weighted by atomic mass is 127. The van der Waals surface area contributed by atoms with Crippen LogP contribution in [-0.2, 0) is 0 Å². The van der Waals surface area contributed by atoms with Crippen molar-refractivity contribution in [1.82, 2.24) is 9.55 Å². The van der Waals surface area contributed by atoms with Crippen molar-refractivity contribution in [3.8, 4) is 5.69 Å². The molecular formula is C15H10ClF2IN2. The Morgan fingerprint density at radius 3 is 2.57 bits per heavy atom. The van der Waals surface area contributed by atoms with Gasteiger partial charge in [-0.2, -0.15) is 0 Å². The van der Waals surface area contributed by atoms with E-state index in [1.165, 1.54) is 12.1 Å². The second-order valence-electron chi connectivity index (χ2n) is 4.63. The third-order valence-electron chi connectivity index (χ3n) is 3.17. The average Bonchev–Trinajstić information content (AvgIpc) is 2.78. The predicted octanol–water partition coefficient (Wildman–Crippen LogP) is 5.21. The van der Waals surface area contributed by atoms with Gasteiger partial charge in [0.2, 0.25) is 0 Å². The smallest absolute Gasteiger partial charge is 0.147 e. The van der Waals surface area contributed by atoms with E-state index in [0.29, 0.717) is 26.1 Å². The van der Waals surface area contributed by atoms with Crippen molar-refractivity contribution in [1.29, 1.82) is 0 Å². The van der Waals surface area contributed by atoms with Crippen LogP contribution in [0.15, 0.2) is 36.4 Å². The molecule has 0 aliphatic heterocycles. The van der Waals surface area contributed by atoms with Crippen molar-refractivity contribution in [2.45, 2.75) is 12.3 Å². The van der Waals surface area contributed by atoms with E-state index in [1.807, 2.05) is 22.6 Å². The van der Waals surface area contributed by atoms with Crippen LogP contribution in [0.4, 0.5) is 8.78 Å². The lowest BCUT2D eigenvalue weighted by atomic mass is 10.2. The quantitative estimate of drug-likeness (QED) is 0.413. The van der Waals surface area contributed by atoms with E-state index in [2.05, 4.69) is 4.98 Å². The number of benzene rings is 2. The molecule has 108 valence electrons. The van der Waals surface area contributed by atoms with Crippen LogP contribution in [0.1, 0.15) is 18.1 Å². The Hall–Kier alpha value is -1.21. The van der Waals surface area contributed by atoms with Crippen molar-refractivity contribution >= 4 is 45.2 Å². The monoisotopic (exact) mass is 418 g/mol. The van der Waals surface area contributed by atoms with E-state index in [1.54, 1.807) is 35.8 Å². The first-order valence-electron chi connectivity index (χ1n) is 6.25. The summed E-state index contributed by atoms with van der Waals surface area (Å²) in [5.74, 6) is -0.290. The molecule has 1 unspecified atom stereocenters. The zero-order valence-corrected chi connectivity index (χ0v) is 13.9. The molecular weight excluding hydrogens is 409 g/mol. The van der Waals surface area contributed by atoms with Crippen molar-refractivity contribution in [2.75, 3.05) is 0 Å². The summed E-state index contributed by atoms with van der Waals surface area (Å²) < 4.78 is 30.0. The fraction of sp³-hybridized carbons (Fsp3) is 0.133. The number of halogens is 4. The van der Waals surface area contributed by atoms with Gasteiger partial charge in [0.25, 0.3) is 0 Å². The first kappa shape index (κ1) is 14.7. The van der Waals surface area contributed by atoms with Crippen molar-refractivity contribution in [2.24, 2.45) is 0 Å². The van der Waals surface area contributed by atoms with Crippen LogP contribution < -0.4 is 0 Å². The molecule has 6 heteroatoms. The maximum Gasteiger partial charge on any atom is 0.147 e. The minimum Gasteiger partial charge on any atom is -0.292 e. The lowest BCUT2D eigenvalue weighted by Crippen LogP contribution is -2.04. The zero-order chi connectivity index (χ0) is 15.1. The van der Waals surface area contributed by atoms with E-state index in [9.17, 15) is 8.78 Å². The summed E-state index contributed by atoms with van der Waals surface area (Å²) in [5, 5.41) is -0.433. The number of fused-ring (bicyclic) bond motifs is 1. The number of nitrogens with zero attached hydrogens (tertiary/aromatic N) is 2. The summed E-state index contributed by atoms with van der Waals surface area (Å²) in [6, 6.07) is 9.29. The van der Waals surface area contributed by atoms with Gasteiger partial charge in [-0.1, -0.05) is 12.1 Å². The second-order valence-corrected chi connectivity index (χ2v) is 6.44. The molecule has 3 aromatic rings. The average molecular weight is 419 g/mol. The number of hydrogen-bond donors (Lipinski definition) is 0. The molecule has 0 fully saturated rings. The van der Waals surface area contributed by atoms with Crippen LogP contribution in [0.25, 0.3) is 16.7 Å². The lowest BCUT2D eigenvalue weighted by Gasteiger charge is -2.11. The van der Waals surface area contributed by atoms with Crippen LogP contribution in [0.2, 0.25) is 0 Å². The molecule has 1 aromatic heterocycles. The summed E-state index contributed by atoms with van der Waals surface area (Å²) in [6.07, 6.45) is 0. The van der Waals surface area contributed by atoms with Gasteiger partial charge in [-0.3, -0.25) is 4.57 Å². The van der Waals surface area contributed by atoms with Crippen LogP contribution in [-0.4, -0.2) is 9.55 Å². The summed E-state index contributed by atoms with van der Waals surface area (Å²) >= 11 is 8.06. The fourth-order valence-electron chi connectivity index (χ4n) is 2.24. The SMILES string of the molecule is CC(Cl)c1nc2cc(I)c(F)cc2n1-c1ccccc1F. The number of para-hydroxylation sites is 1. The third-order valence-corrected chi connectivity index (χ3v) is 4.19. The third kappa shape index (κ3) is 2.53. The van der Waals surface area contributed by atoms with E-state index in [4.69, 9.17) is 11.6 Å². The summed E-state index contributed by atoms with van der Waals surface area (Å²) in [7, 11) is 0. The minimum atomic E-state index is -0.433. The molecule has 0 saturated heterocycles. The Kier molecular flexibility index (Phi) is 3.88. The largest absolute Gasteiger partial charge is 0.292 e. The van der Waals surface area contributed by atoms with Gasteiger partial charge in [0.05, 0.1) is 25.7 Å². The molecule has 0 saturated carbocycles. The molecule has 0 radical (unpaired) electrons. The predicted molar refractivity (Wildman–Crippen MR) is 88.0 cm³/mol. The fourth-order valence-corrected chi connectivity index (χ4v) is 2.84. The number of imidazole rings is 1. The first-order chi connectivity index (χ1) is 9.99. The maximum absolute atomic E-state index is 14.1. The van der Waals surface area contributed by atoms with Crippen molar-refractivity contribution in [3.63, 3.8) is 0 Å². The molecule has 2 aromatic carbocycles. The Labute approximate surface area is 138 Å². The molecule has 2 nitrogen and oxygen atoms in total. The Bertz CT molecular complexity index is 830. The van der Waals surface area contributed by atoms with Crippen molar-refractivity contribution < 1.29 is 8.78 Å². The van der Waals surface area contributed by atoms with E-state index in [-0.39, 0.29) is 5.82 Å². The highest BCUT2D eigenvalue weighted by Crippen LogP contribution is 2.30. The van der Waals surface area contributed by atoms with Crippen molar-refractivity contribution in [3.05, 3.63) is 57.4 Å². The molecule has 0 amide bonds. The Balaban J connectivity index is 2.41. The Morgan fingerprint density at radius 1 is 1.19 bits per heavy atom. The van der Waals surface area contributed by atoms with Crippen LogP contribution in [0, 0.1) is 15.2 Å². The van der Waals surface area contributed by atoms with Crippen LogP contribution in [0.5, 0.6) is 0 Å². The van der Waals surface area contributed by atoms with E-state index < -0.39 is 11.2 Å². The summed E-state index contributed by atoms with van der Waals surface area (Å²) in [4.78, 5) is 4.42. The van der Waals surface area contributed by atoms with Gasteiger partial charge >= 0.3 is 0 Å². The summed E-state index contributed by atoms with van der Waals surface area (Å²) in [6.45, 7) is 1.75. The zero-order valence-electron chi connectivity index (χ0n) is 10.9. The topological polar surface area (TPSA) is 17.8 Å². The lowest BCUT2D eigenvalue weighted by molar-refractivity contribution is 0.614. The standard InChI is InChI=1S/C15H10ClF2IN2/c1-8(16)15-20-12-7-11(19)10(18)6-14(12)21(15)13-5-3-2-4-9(13)17/h2-8H,1H3. The van der Waals surface area contributed by atoms with Gasteiger partial charge in [0.15, 0.2) is 0 Å². The number of alkyl halides is 1. The molecule has 1 heterocycles. The van der Waals surface area contributed by atoms with Crippen LogP contribution >= 0.6 is 34.2 Å². The van der Waals surface area contributed by atoms with Gasteiger partial charge in [0.1, 0.15) is 17.5 Å². The molecule has 21 heavy (non-hydrogen) atoms. The highest BCUT2D eigenvalue weighted by molar-refractivity contribution is 14.1. The maximum atomic E-state index is 14.1. The van der Waals surface area contributed by atoms with Crippen LogP contribution in [0.3, 0.4) is 0 Å². The molecule has 1 atom stereocenters. The normalized spacial score (nSPS) is 12.8. The van der Waals surface area contributed by atoms with Gasteiger partial charge in [-0.05, 0) is 47.7 Å². The van der Waals surface area contributed by atoms with E-state index in [0.717, 1.165) is 0 Å². The molecule has 3 rings (SSSR count). The van der Waals surface area contributed by atoms with Gasteiger partial charge < -0.3 is 0 Å². The van der Waals surface area contributed by atoms with Gasteiger partial charge in [0, 0.05) is 6.07 Å². The number of rotatable bonds is 2. The number of aromatic nitrogens is 2. The molecule has 0 spiro atoms. The first-order valence-corrected chi connectivity index (χ1v) is 7.77. The van der Waals surface area contributed by atoms with Gasteiger partial charge in [-0.25, -0.2) is 13.8 Å². The minimum absolute atomic E-state index is 0.308. The summed E-state index contributed by atoms with van der Waals surface area (Å²) in [5.41, 5.74) is 1.40.